The van der Waals surface area contributed by atoms with E-state index in [-0.39, 0.29) is 5.97 Å². The minimum atomic E-state index is -0.976. The summed E-state index contributed by atoms with van der Waals surface area (Å²) in [5.41, 5.74) is 4.72. The molecule has 0 bridgehead atoms. The normalized spacial score (nSPS) is 14.0. The number of carbonyl (C=O) groups excluding carboxylic acids is 1. The van der Waals surface area contributed by atoms with Crippen LogP contribution >= 0.6 is 15.9 Å². The maximum Gasteiger partial charge on any atom is 0.340 e. The van der Waals surface area contributed by atoms with Gasteiger partial charge in [-0.25, -0.2) is 4.79 Å². The molecule has 0 saturated heterocycles. The van der Waals surface area contributed by atoms with Crippen LogP contribution in [-0.4, -0.2) is 32.1 Å². The largest absolute Gasteiger partial charge is 0.441 e. The number of fused-ring (bicyclic) bond motifs is 1. The SMILES string of the molecule is CCN(CC)c1ccc(C2(c3ccc(N(CC)CC)cc3)OC(=O)c3cc(Br)ccc32)cc1. The number of nitrogens with zero attached hydrogens (tertiary/aromatic N) is 2. The lowest BCUT2D eigenvalue weighted by atomic mass is 9.80. The van der Waals surface area contributed by atoms with Crippen molar-refractivity contribution in [1.82, 2.24) is 0 Å². The first kappa shape index (κ1) is 23.4. The minimum absolute atomic E-state index is 0.299. The summed E-state index contributed by atoms with van der Waals surface area (Å²) in [6, 6.07) is 22.7. The smallest absolute Gasteiger partial charge is 0.340 e. The summed E-state index contributed by atoms with van der Waals surface area (Å²) in [6.45, 7) is 12.4. The average Bonchev–Trinajstić information content (AvgIpc) is 3.14. The van der Waals surface area contributed by atoms with E-state index in [0.717, 1.165) is 58.7 Å². The number of cyclic esters (lactones) is 1. The van der Waals surface area contributed by atoms with E-state index in [1.54, 1.807) is 0 Å². The Morgan fingerprint density at radius 3 is 1.61 bits per heavy atom. The van der Waals surface area contributed by atoms with Gasteiger partial charge in [-0.1, -0.05) is 46.3 Å². The monoisotopic (exact) mass is 506 g/mol. The van der Waals surface area contributed by atoms with Crippen LogP contribution in [0.3, 0.4) is 0 Å². The Balaban J connectivity index is 1.88. The minimum Gasteiger partial charge on any atom is -0.441 e. The molecule has 0 spiro atoms. The van der Waals surface area contributed by atoms with E-state index >= 15 is 0 Å². The van der Waals surface area contributed by atoms with Crippen molar-refractivity contribution < 1.29 is 9.53 Å². The molecule has 3 aromatic rings. The van der Waals surface area contributed by atoms with E-state index in [0.29, 0.717) is 5.56 Å². The third-order valence-electron chi connectivity index (χ3n) is 6.63. The summed E-state index contributed by atoms with van der Waals surface area (Å²) < 4.78 is 7.13. The Morgan fingerprint density at radius 1 is 0.727 bits per heavy atom. The highest BCUT2D eigenvalue weighted by Gasteiger charge is 2.48. The summed E-state index contributed by atoms with van der Waals surface area (Å²) in [5, 5.41) is 0. The zero-order chi connectivity index (χ0) is 23.6. The van der Waals surface area contributed by atoms with Gasteiger partial charge in [0.25, 0.3) is 0 Å². The van der Waals surface area contributed by atoms with Crippen molar-refractivity contribution in [1.29, 1.82) is 0 Å². The van der Waals surface area contributed by atoms with Gasteiger partial charge in [-0.2, -0.15) is 0 Å². The van der Waals surface area contributed by atoms with Crippen LogP contribution < -0.4 is 9.80 Å². The second-order valence-electron chi connectivity index (χ2n) is 8.20. The van der Waals surface area contributed by atoms with Gasteiger partial charge in [0.15, 0.2) is 5.60 Å². The Labute approximate surface area is 205 Å². The molecule has 4 rings (SSSR count). The number of rotatable bonds is 8. The molecule has 0 fully saturated rings. The van der Waals surface area contributed by atoms with E-state index in [9.17, 15) is 4.79 Å². The second-order valence-corrected chi connectivity index (χ2v) is 9.11. The van der Waals surface area contributed by atoms with Crippen LogP contribution in [0.25, 0.3) is 0 Å². The van der Waals surface area contributed by atoms with E-state index < -0.39 is 5.60 Å². The van der Waals surface area contributed by atoms with Crippen molar-refractivity contribution in [3.8, 4) is 0 Å². The number of hydrogen-bond donors (Lipinski definition) is 0. The molecule has 0 amide bonds. The van der Waals surface area contributed by atoms with Gasteiger partial charge in [0.1, 0.15) is 0 Å². The van der Waals surface area contributed by atoms with Gasteiger partial charge in [-0.05, 0) is 64.1 Å². The summed E-state index contributed by atoms with van der Waals surface area (Å²) in [6.07, 6.45) is 0. The number of hydrogen-bond acceptors (Lipinski definition) is 4. The number of benzene rings is 3. The van der Waals surface area contributed by atoms with Crippen molar-refractivity contribution in [2.45, 2.75) is 33.3 Å². The molecule has 0 aromatic heterocycles. The molecule has 0 N–H and O–H groups in total. The number of esters is 1. The highest BCUT2D eigenvalue weighted by molar-refractivity contribution is 9.10. The van der Waals surface area contributed by atoms with Gasteiger partial charge in [0.2, 0.25) is 0 Å². The van der Waals surface area contributed by atoms with E-state index in [1.807, 2.05) is 18.2 Å². The zero-order valence-electron chi connectivity index (χ0n) is 19.8. The number of ether oxygens (including phenoxy) is 1. The van der Waals surface area contributed by atoms with Crippen molar-refractivity contribution in [2.75, 3.05) is 36.0 Å². The van der Waals surface area contributed by atoms with Gasteiger partial charge in [0, 0.05) is 58.7 Å². The molecule has 0 unspecified atom stereocenters. The number of halogens is 1. The first-order valence-electron chi connectivity index (χ1n) is 11.7. The maximum absolute atomic E-state index is 13.1. The average molecular weight is 507 g/mol. The van der Waals surface area contributed by atoms with Gasteiger partial charge in [-0.3, -0.25) is 0 Å². The van der Waals surface area contributed by atoms with Gasteiger partial charge < -0.3 is 14.5 Å². The van der Waals surface area contributed by atoms with Crippen molar-refractivity contribution in [3.63, 3.8) is 0 Å². The Kier molecular flexibility index (Phi) is 6.80. The van der Waals surface area contributed by atoms with Crippen LogP contribution in [0, 0.1) is 0 Å². The number of carbonyl (C=O) groups is 1. The standard InChI is InChI=1S/C28H31BrN2O2/c1-5-30(6-2)23-14-9-20(10-15-23)28(21-11-16-24(17-12-21)31(7-3)8-4)26-18-13-22(29)19-25(26)27(32)33-28/h9-19H,5-8H2,1-4H3. The lowest BCUT2D eigenvalue weighted by Crippen LogP contribution is -2.30. The van der Waals surface area contributed by atoms with Gasteiger partial charge in [0.05, 0.1) is 5.56 Å². The van der Waals surface area contributed by atoms with Crippen LogP contribution in [0.2, 0.25) is 0 Å². The predicted molar refractivity (Wildman–Crippen MR) is 139 cm³/mol. The highest BCUT2D eigenvalue weighted by Crippen LogP contribution is 2.48. The summed E-state index contributed by atoms with van der Waals surface area (Å²) in [7, 11) is 0. The van der Waals surface area contributed by atoms with Crippen molar-refractivity contribution >= 4 is 33.3 Å². The second kappa shape index (κ2) is 9.60. The maximum atomic E-state index is 13.1. The molecule has 172 valence electrons. The molecular weight excluding hydrogens is 476 g/mol. The Bertz CT molecular complexity index is 1060. The molecule has 1 aliphatic heterocycles. The van der Waals surface area contributed by atoms with E-state index in [4.69, 9.17) is 4.74 Å². The quantitative estimate of drug-likeness (QED) is 0.322. The first-order chi connectivity index (χ1) is 16.0. The van der Waals surface area contributed by atoms with Crippen molar-refractivity contribution in [3.05, 3.63) is 93.5 Å². The third-order valence-corrected chi connectivity index (χ3v) is 7.12. The summed E-state index contributed by atoms with van der Waals surface area (Å²) in [4.78, 5) is 17.7. The fourth-order valence-electron chi connectivity index (χ4n) is 4.83. The zero-order valence-corrected chi connectivity index (χ0v) is 21.4. The van der Waals surface area contributed by atoms with Gasteiger partial charge in [-0.15, -0.1) is 0 Å². The van der Waals surface area contributed by atoms with Crippen molar-refractivity contribution in [2.24, 2.45) is 0 Å². The molecule has 0 atom stereocenters. The van der Waals surface area contributed by atoms with Crippen LogP contribution in [0.4, 0.5) is 11.4 Å². The Hall–Kier alpha value is -2.79. The third kappa shape index (κ3) is 4.04. The fraction of sp³-hybridized carbons (Fsp3) is 0.321. The molecule has 4 nitrogen and oxygen atoms in total. The molecule has 1 aliphatic rings. The molecule has 1 heterocycles. The lowest BCUT2D eigenvalue weighted by Gasteiger charge is -2.32. The predicted octanol–water partition coefficient (Wildman–Crippen LogP) is 6.60. The molecule has 0 saturated carbocycles. The molecular formula is C28H31BrN2O2. The number of anilines is 2. The lowest BCUT2D eigenvalue weighted by molar-refractivity contribution is 0.0251. The molecule has 3 aromatic carbocycles. The van der Waals surface area contributed by atoms with Crippen LogP contribution in [0.1, 0.15) is 54.7 Å². The first-order valence-corrected chi connectivity index (χ1v) is 12.5. The summed E-state index contributed by atoms with van der Waals surface area (Å²) in [5.74, 6) is -0.299. The molecule has 5 heteroatoms. The van der Waals surface area contributed by atoms with Crippen LogP contribution in [-0.2, 0) is 10.3 Å². The Morgan fingerprint density at radius 2 is 1.18 bits per heavy atom. The highest BCUT2D eigenvalue weighted by atomic mass is 79.9. The molecule has 33 heavy (non-hydrogen) atoms. The van der Waals surface area contributed by atoms with E-state index in [1.165, 1.54) is 0 Å². The van der Waals surface area contributed by atoms with Crippen LogP contribution in [0.5, 0.6) is 0 Å². The topological polar surface area (TPSA) is 32.8 Å². The van der Waals surface area contributed by atoms with E-state index in [2.05, 4.69) is 102 Å². The van der Waals surface area contributed by atoms with Crippen LogP contribution in [0.15, 0.2) is 71.2 Å². The fourth-order valence-corrected chi connectivity index (χ4v) is 5.19. The molecule has 0 aliphatic carbocycles. The summed E-state index contributed by atoms with van der Waals surface area (Å²) >= 11 is 3.51. The molecule has 0 radical (unpaired) electrons. The van der Waals surface area contributed by atoms with Gasteiger partial charge >= 0.3 is 5.97 Å².